The highest BCUT2D eigenvalue weighted by atomic mass is 35.5. The summed E-state index contributed by atoms with van der Waals surface area (Å²) in [5, 5.41) is 2.67. The first-order chi connectivity index (χ1) is 6.63. The SMILES string of the molecule is CN(C)c1ccc(NC(=O)CCl)cc1. The number of benzene rings is 1. The Hall–Kier alpha value is -1.22. The Labute approximate surface area is 88.7 Å². The number of nitrogens with zero attached hydrogens (tertiary/aromatic N) is 1. The van der Waals surface area contributed by atoms with Crippen LogP contribution in [0.15, 0.2) is 24.3 Å². The fourth-order valence-electron chi connectivity index (χ4n) is 1.04. The minimum Gasteiger partial charge on any atom is -0.378 e. The lowest BCUT2D eigenvalue weighted by Crippen LogP contribution is -2.13. The summed E-state index contributed by atoms with van der Waals surface area (Å²) in [7, 11) is 3.93. The van der Waals surface area contributed by atoms with E-state index in [0.29, 0.717) is 0 Å². The van der Waals surface area contributed by atoms with E-state index in [1.165, 1.54) is 0 Å². The number of hydrogen-bond acceptors (Lipinski definition) is 2. The molecule has 0 aliphatic rings. The lowest BCUT2D eigenvalue weighted by atomic mass is 10.2. The van der Waals surface area contributed by atoms with Gasteiger partial charge in [0.05, 0.1) is 0 Å². The number of hydrogen-bond donors (Lipinski definition) is 1. The van der Waals surface area contributed by atoms with Gasteiger partial charge in [0.25, 0.3) is 0 Å². The van der Waals surface area contributed by atoms with Gasteiger partial charge in [0.1, 0.15) is 5.88 Å². The van der Waals surface area contributed by atoms with Gasteiger partial charge in [-0.2, -0.15) is 0 Å². The molecular weight excluding hydrogens is 200 g/mol. The normalized spacial score (nSPS) is 9.64. The van der Waals surface area contributed by atoms with Crippen LogP contribution < -0.4 is 10.2 Å². The Kier molecular flexibility index (Phi) is 3.77. The Morgan fingerprint density at radius 1 is 1.36 bits per heavy atom. The number of amides is 1. The molecule has 4 heteroatoms. The average Bonchev–Trinajstić information content (AvgIpc) is 2.18. The molecule has 0 saturated heterocycles. The second-order valence-electron chi connectivity index (χ2n) is 3.12. The molecule has 1 aromatic rings. The molecule has 0 aliphatic heterocycles. The van der Waals surface area contributed by atoms with Crippen LogP contribution in [-0.4, -0.2) is 25.9 Å². The Morgan fingerprint density at radius 2 is 1.93 bits per heavy atom. The van der Waals surface area contributed by atoms with Crippen LogP contribution in [0.3, 0.4) is 0 Å². The largest absolute Gasteiger partial charge is 0.378 e. The Balaban J connectivity index is 2.69. The molecule has 0 unspecified atom stereocenters. The van der Waals surface area contributed by atoms with Gasteiger partial charge >= 0.3 is 0 Å². The molecule has 1 rings (SSSR count). The van der Waals surface area contributed by atoms with Crippen LogP contribution in [0.1, 0.15) is 0 Å². The zero-order valence-corrected chi connectivity index (χ0v) is 9.01. The minimum atomic E-state index is -0.190. The molecule has 14 heavy (non-hydrogen) atoms. The number of rotatable bonds is 3. The van der Waals surface area contributed by atoms with Gasteiger partial charge in [-0.05, 0) is 24.3 Å². The first-order valence-corrected chi connectivity index (χ1v) is 4.80. The molecule has 0 aromatic heterocycles. The highest BCUT2D eigenvalue weighted by Crippen LogP contribution is 2.15. The smallest absolute Gasteiger partial charge is 0.239 e. The molecule has 0 spiro atoms. The molecule has 76 valence electrons. The molecule has 0 heterocycles. The molecule has 1 N–H and O–H groups in total. The van der Waals surface area contributed by atoms with E-state index in [9.17, 15) is 4.79 Å². The van der Waals surface area contributed by atoms with E-state index in [2.05, 4.69) is 5.32 Å². The maximum atomic E-state index is 10.9. The van der Waals surface area contributed by atoms with Gasteiger partial charge in [-0.3, -0.25) is 4.79 Å². The summed E-state index contributed by atoms with van der Waals surface area (Å²) in [5.41, 5.74) is 1.86. The number of halogens is 1. The summed E-state index contributed by atoms with van der Waals surface area (Å²) in [6, 6.07) is 7.56. The first kappa shape index (κ1) is 10.9. The maximum Gasteiger partial charge on any atom is 0.239 e. The summed E-state index contributed by atoms with van der Waals surface area (Å²) in [5.74, 6) is -0.209. The van der Waals surface area contributed by atoms with Crippen molar-refractivity contribution >= 4 is 28.9 Å². The summed E-state index contributed by atoms with van der Waals surface area (Å²) in [6.45, 7) is 0. The Morgan fingerprint density at radius 3 is 2.36 bits per heavy atom. The van der Waals surface area contributed by atoms with Crippen molar-refractivity contribution in [1.82, 2.24) is 0 Å². The van der Waals surface area contributed by atoms with Gasteiger partial charge < -0.3 is 10.2 Å². The highest BCUT2D eigenvalue weighted by Gasteiger charge is 2.00. The second kappa shape index (κ2) is 4.86. The van der Waals surface area contributed by atoms with Crippen LogP contribution in [0, 0.1) is 0 Å². The van der Waals surface area contributed by atoms with Crippen molar-refractivity contribution in [3.63, 3.8) is 0 Å². The number of carbonyl (C=O) groups excluding carboxylic acids is 1. The summed E-state index contributed by atoms with van der Waals surface area (Å²) in [6.07, 6.45) is 0. The van der Waals surface area contributed by atoms with Gasteiger partial charge in [-0.15, -0.1) is 11.6 Å². The van der Waals surface area contributed by atoms with Crippen LogP contribution >= 0.6 is 11.6 Å². The predicted octanol–water partition coefficient (Wildman–Crippen LogP) is 1.93. The standard InChI is InChI=1S/C10H13ClN2O/c1-13(2)9-5-3-8(4-6-9)12-10(14)7-11/h3-6H,7H2,1-2H3,(H,12,14). The molecule has 1 aromatic carbocycles. The van der Waals surface area contributed by atoms with Gasteiger partial charge in [-0.25, -0.2) is 0 Å². The maximum absolute atomic E-state index is 10.9. The third-order valence-electron chi connectivity index (χ3n) is 1.79. The zero-order chi connectivity index (χ0) is 10.6. The topological polar surface area (TPSA) is 32.3 Å². The third-order valence-corrected chi connectivity index (χ3v) is 2.03. The van der Waals surface area contributed by atoms with Crippen LogP contribution in [0.4, 0.5) is 11.4 Å². The van der Waals surface area contributed by atoms with E-state index < -0.39 is 0 Å². The third kappa shape index (κ3) is 2.92. The first-order valence-electron chi connectivity index (χ1n) is 4.26. The molecule has 0 atom stereocenters. The quantitative estimate of drug-likeness (QED) is 0.777. The van der Waals surface area contributed by atoms with E-state index in [1.54, 1.807) is 0 Å². The molecule has 0 aliphatic carbocycles. The van der Waals surface area contributed by atoms with Crippen LogP contribution in [0.25, 0.3) is 0 Å². The lowest BCUT2D eigenvalue weighted by molar-refractivity contribution is -0.113. The molecule has 0 radical (unpaired) electrons. The summed E-state index contributed by atoms with van der Waals surface area (Å²) >= 11 is 5.36. The molecular formula is C10H13ClN2O. The molecule has 3 nitrogen and oxygen atoms in total. The molecule has 0 saturated carbocycles. The van der Waals surface area contributed by atoms with Gasteiger partial charge in [-0.1, -0.05) is 0 Å². The number of carbonyl (C=O) groups is 1. The van der Waals surface area contributed by atoms with Crippen LogP contribution in [-0.2, 0) is 4.79 Å². The average molecular weight is 213 g/mol. The molecule has 0 fully saturated rings. The fourth-order valence-corrected chi connectivity index (χ4v) is 1.10. The van der Waals surface area contributed by atoms with Crippen LogP contribution in [0.5, 0.6) is 0 Å². The van der Waals surface area contributed by atoms with E-state index in [4.69, 9.17) is 11.6 Å². The van der Waals surface area contributed by atoms with Crippen molar-refractivity contribution in [2.75, 3.05) is 30.2 Å². The van der Waals surface area contributed by atoms with E-state index in [1.807, 2.05) is 43.3 Å². The van der Waals surface area contributed by atoms with E-state index in [0.717, 1.165) is 11.4 Å². The number of nitrogens with one attached hydrogen (secondary N) is 1. The lowest BCUT2D eigenvalue weighted by Gasteiger charge is -2.12. The van der Waals surface area contributed by atoms with Crippen molar-refractivity contribution in [2.24, 2.45) is 0 Å². The van der Waals surface area contributed by atoms with Gasteiger partial charge in [0, 0.05) is 25.5 Å². The monoisotopic (exact) mass is 212 g/mol. The van der Waals surface area contributed by atoms with Gasteiger partial charge in [0.2, 0.25) is 5.91 Å². The highest BCUT2D eigenvalue weighted by molar-refractivity contribution is 6.29. The van der Waals surface area contributed by atoms with Crippen molar-refractivity contribution in [3.05, 3.63) is 24.3 Å². The van der Waals surface area contributed by atoms with Crippen molar-refractivity contribution in [3.8, 4) is 0 Å². The van der Waals surface area contributed by atoms with Crippen LogP contribution in [0.2, 0.25) is 0 Å². The zero-order valence-electron chi connectivity index (χ0n) is 8.25. The molecule has 1 amide bonds. The summed E-state index contributed by atoms with van der Waals surface area (Å²) in [4.78, 5) is 12.9. The fraction of sp³-hybridized carbons (Fsp3) is 0.300. The second-order valence-corrected chi connectivity index (χ2v) is 3.39. The van der Waals surface area contributed by atoms with Crippen molar-refractivity contribution < 1.29 is 4.79 Å². The Bertz CT molecular complexity index is 308. The number of anilines is 2. The number of alkyl halides is 1. The van der Waals surface area contributed by atoms with Gasteiger partial charge in [0.15, 0.2) is 0 Å². The summed E-state index contributed by atoms with van der Waals surface area (Å²) < 4.78 is 0. The van der Waals surface area contributed by atoms with E-state index >= 15 is 0 Å². The van der Waals surface area contributed by atoms with E-state index in [-0.39, 0.29) is 11.8 Å². The van der Waals surface area contributed by atoms with Crippen molar-refractivity contribution in [2.45, 2.75) is 0 Å². The van der Waals surface area contributed by atoms with Crippen molar-refractivity contribution in [1.29, 1.82) is 0 Å². The predicted molar refractivity (Wildman–Crippen MR) is 60.1 cm³/mol. The minimum absolute atomic E-state index is 0.0184. The molecule has 0 bridgehead atoms.